The number of nitrogens with one attached hydrogen (secondary N) is 1. The Labute approximate surface area is 120 Å². The highest BCUT2D eigenvalue weighted by atomic mass is 32.1. The molecule has 0 amide bonds. The lowest BCUT2D eigenvalue weighted by Crippen LogP contribution is -2.07. The van der Waals surface area contributed by atoms with Crippen LogP contribution in [0.2, 0.25) is 0 Å². The van der Waals surface area contributed by atoms with E-state index in [1.54, 1.807) is 16.1 Å². The van der Waals surface area contributed by atoms with Gasteiger partial charge in [0.05, 0.1) is 5.69 Å². The molecule has 0 saturated heterocycles. The third kappa shape index (κ3) is 2.89. The first-order chi connectivity index (χ1) is 9.85. The summed E-state index contributed by atoms with van der Waals surface area (Å²) in [4.78, 5) is 6.07. The summed E-state index contributed by atoms with van der Waals surface area (Å²) in [5.41, 5.74) is 1.92. The first kappa shape index (κ1) is 12.9. The quantitative estimate of drug-likeness (QED) is 0.771. The second kappa shape index (κ2) is 5.89. The minimum absolute atomic E-state index is 0.542. The molecule has 0 saturated carbocycles. The van der Waals surface area contributed by atoms with Crippen molar-refractivity contribution in [3.63, 3.8) is 0 Å². The first-order valence-corrected chi connectivity index (χ1v) is 7.14. The van der Waals surface area contributed by atoms with Crippen LogP contribution in [0.25, 0.3) is 11.4 Å². The molecule has 3 rings (SSSR count). The molecule has 7 heteroatoms. The summed E-state index contributed by atoms with van der Waals surface area (Å²) in [6.07, 6.45) is 0. The second-order valence-electron chi connectivity index (χ2n) is 4.27. The minimum Gasteiger partial charge on any atom is -0.314 e. The fourth-order valence-electron chi connectivity index (χ4n) is 1.81. The van der Waals surface area contributed by atoms with E-state index in [2.05, 4.69) is 25.7 Å². The highest BCUT2D eigenvalue weighted by molar-refractivity contribution is 7.09. The number of hydrogen-bond donors (Lipinski definition) is 1. The summed E-state index contributed by atoms with van der Waals surface area (Å²) >= 11 is 1.63. The molecule has 102 valence electrons. The van der Waals surface area contributed by atoms with Gasteiger partial charge in [0.25, 0.3) is 0 Å². The van der Waals surface area contributed by atoms with E-state index in [0.29, 0.717) is 12.4 Å². The highest BCUT2D eigenvalue weighted by Crippen LogP contribution is 2.13. The fraction of sp³-hybridized carbons (Fsp3) is 0.231. The Kier molecular flexibility index (Phi) is 3.80. The monoisotopic (exact) mass is 286 g/mol. The van der Waals surface area contributed by atoms with Gasteiger partial charge in [0.2, 0.25) is 5.82 Å². The molecule has 0 spiro atoms. The molecular formula is C13H14N6S. The second-order valence-corrected chi connectivity index (χ2v) is 5.22. The summed E-state index contributed by atoms with van der Waals surface area (Å²) in [5, 5.41) is 18.7. The van der Waals surface area contributed by atoms with Crippen LogP contribution in [0, 0.1) is 0 Å². The first-order valence-electron chi connectivity index (χ1n) is 6.26. The normalized spacial score (nSPS) is 10.8. The smallest absolute Gasteiger partial charge is 0.204 e. The van der Waals surface area contributed by atoms with Gasteiger partial charge < -0.3 is 5.32 Å². The van der Waals surface area contributed by atoms with Gasteiger partial charge in [-0.3, -0.25) is 0 Å². The van der Waals surface area contributed by atoms with Crippen molar-refractivity contribution < 1.29 is 0 Å². The van der Waals surface area contributed by atoms with Crippen LogP contribution in [-0.2, 0) is 13.1 Å². The molecule has 0 aliphatic heterocycles. The van der Waals surface area contributed by atoms with Gasteiger partial charge in [0.1, 0.15) is 11.6 Å². The number of nitrogens with zero attached hydrogens (tertiary/aromatic N) is 5. The Morgan fingerprint density at radius 1 is 1.25 bits per heavy atom. The van der Waals surface area contributed by atoms with Gasteiger partial charge in [-0.1, -0.05) is 30.3 Å². The van der Waals surface area contributed by atoms with E-state index < -0.39 is 0 Å². The lowest BCUT2D eigenvalue weighted by Gasteiger charge is -1.95. The molecule has 0 aliphatic rings. The van der Waals surface area contributed by atoms with Gasteiger partial charge in [-0.15, -0.1) is 21.5 Å². The van der Waals surface area contributed by atoms with Crippen molar-refractivity contribution >= 4 is 11.3 Å². The van der Waals surface area contributed by atoms with Crippen molar-refractivity contribution in [1.82, 2.24) is 30.5 Å². The van der Waals surface area contributed by atoms with Crippen LogP contribution in [0.1, 0.15) is 10.7 Å². The molecule has 2 heterocycles. The Balaban J connectivity index is 1.73. The van der Waals surface area contributed by atoms with Crippen molar-refractivity contribution in [2.45, 2.75) is 13.1 Å². The van der Waals surface area contributed by atoms with Crippen molar-refractivity contribution in [2.24, 2.45) is 0 Å². The van der Waals surface area contributed by atoms with Crippen LogP contribution in [0.5, 0.6) is 0 Å². The molecule has 0 atom stereocenters. The summed E-state index contributed by atoms with van der Waals surface area (Å²) in [6.45, 7) is 1.32. The molecule has 1 N–H and O–H groups in total. The average Bonchev–Trinajstić information content (AvgIpc) is 3.11. The van der Waals surface area contributed by atoms with E-state index in [1.165, 1.54) is 0 Å². The van der Waals surface area contributed by atoms with E-state index in [1.807, 2.05) is 42.8 Å². The van der Waals surface area contributed by atoms with E-state index >= 15 is 0 Å². The molecule has 0 aliphatic carbocycles. The maximum atomic E-state index is 4.50. The summed E-state index contributed by atoms with van der Waals surface area (Å²) in [5.74, 6) is 0.635. The number of rotatable bonds is 5. The minimum atomic E-state index is 0.542. The Hall–Kier alpha value is -2.12. The third-order valence-corrected chi connectivity index (χ3v) is 3.61. The summed E-state index contributed by atoms with van der Waals surface area (Å²) < 4.78 is 0. The van der Waals surface area contributed by atoms with E-state index in [-0.39, 0.29) is 0 Å². The number of benzene rings is 1. The molecule has 0 unspecified atom stereocenters. The molecule has 3 aromatic rings. The largest absolute Gasteiger partial charge is 0.314 e. The van der Waals surface area contributed by atoms with Gasteiger partial charge in [0, 0.05) is 17.5 Å². The van der Waals surface area contributed by atoms with Gasteiger partial charge in [-0.25, -0.2) is 4.98 Å². The molecule has 2 aromatic heterocycles. The molecule has 20 heavy (non-hydrogen) atoms. The maximum Gasteiger partial charge on any atom is 0.204 e. The van der Waals surface area contributed by atoms with Crippen LogP contribution in [0.3, 0.4) is 0 Å². The summed E-state index contributed by atoms with van der Waals surface area (Å²) in [6, 6.07) is 9.82. The lowest BCUT2D eigenvalue weighted by molar-refractivity contribution is 0.565. The number of aromatic nitrogens is 5. The van der Waals surface area contributed by atoms with Gasteiger partial charge in [-0.2, -0.15) is 4.80 Å². The number of hydrogen-bond acceptors (Lipinski definition) is 6. The molecule has 1 aromatic carbocycles. The topological polar surface area (TPSA) is 68.5 Å². The van der Waals surface area contributed by atoms with Crippen LogP contribution in [0.15, 0.2) is 35.7 Å². The average molecular weight is 286 g/mol. The van der Waals surface area contributed by atoms with Crippen LogP contribution in [0.4, 0.5) is 0 Å². The molecular weight excluding hydrogens is 272 g/mol. The fourth-order valence-corrected chi connectivity index (χ4v) is 2.61. The Bertz CT molecular complexity index is 675. The van der Waals surface area contributed by atoms with Gasteiger partial charge in [0.15, 0.2) is 0 Å². The van der Waals surface area contributed by atoms with Crippen LogP contribution in [-0.4, -0.2) is 32.2 Å². The van der Waals surface area contributed by atoms with Crippen LogP contribution < -0.4 is 5.32 Å². The van der Waals surface area contributed by atoms with E-state index in [9.17, 15) is 0 Å². The molecule has 6 nitrogen and oxygen atoms in total. The maximum absolute atomic E-state index is 4.50. The van der Waals surface area contributed by atoms with E-state index in [0.717, 1.165) is 22.8 Å². The number of tetrazole rings is 1. The summed E-state index contributed by atoms with van der Waals surface area (Å²) in [7, 11) is 1.91. The van der Waals surface area contributed by atoms with Crippen LogP contribution >= 0.6 is 11.3 Å². The highest BCUT2D eigenvalue weighted by Gasteiger charge is 2.07. The van der Waals surface area contributed by atoms with E-state index in [4.69, 9.17) is 0 Å². The zero-order valence-electron chi connectivity index (χ0n) is 11.0. The Morgan fingerprint density at radius 3 is 2.90 bits per heavy atom. The Morgan fingerprint density at radius 2 is 2.10 bits per heavy atom. The predicted octanol–water partition coefficient (Wildman–Crippen LogP) is 1.56. The van der Waals surface area contributed by atoms with Crippen molar-refractivity contribution in [1.29, 1.82) is 0 Å². The predicted molar refractivity (Wildman–Crippen MR) is 77.2 cm³/mol. The molecule has 0 fully saturated rings. The third-order valence-electron chi connectivity index (χ3n) is 2.72. The van der Waals surface area contributed by atoms with Crippen molar-refractivity contribution in [3.05, 3.63) is 46.4 Å². The van der Waals surface area contributed by atoms with Gasteiger partial charge >= 0.3 is 0 Å². The molecule has 0 radical (unpaired) electrons. The SMILES string of the molecule is CNCc1nc(Cn2nnc(-c3ccccc3)n2)cs1. The zero-order valence-corrected chi connectivity index (χ0v) is 11.8. The molecule has 0 bridgehead atoms. The van der Waals surface area contributed by atoms with Crippen molar-refractivity contribution in [3.8, 4) is 11.4 Å². The lowest BCUT2D eigenvalue weighted by atomic mass is 10.2. The number of thiazole rings is 1. The standard InChI is InChI=1S/C13H14N6S/c1-14-7-12-15-11(9-20-12)8-19-17-13(16-18-19)10-5-3-2-4-6-10/h2-6,9,14H,7-8H2,1H3. The van der Waals surface area contributed by atoms with Crippen molar-refractivity contribution in [2.75, 3.05) is 7.05 Å². The zero-order chi connectivity index (χ0) is 13.8. The van der Waals surface area contributed by atoms with Gasteiger partial charge in [-0.05, 0) is 12.3 Å².